The number of rotatable bonds is 7. The summed E-state index contributed by atoms with van der Waals surface area (Å²) in [5.74, 6) is -5.50. The maximum Gasteiger partial charge on any atom is 0.420 e. The van der Waals surface area contributed by atoms with Crippen LogP contribution >= 0.6 is 0 Å². The highest BCUT2D eigenvalue weighted by atomic mass is 16.9. The fraction of sp³-hybridized carbons (Fsp3) is 0.182. The summed E-state index contributed by atoms with van der Waals surface area (Å²) >= 11 is 0. The molecule has 0 aliphatic carbocycles. The van der Waals surface area contributed by atoms with Gasteiger partial charge in [-0.3, -0.25) is 9.59 Å². The van der Waals surface area contributed by atoms with Crippen LogP contribution in [0.1, 0.15) is 47.1 Å². The van der Waals surface area contributed by atoms with E-state index >= 15 is 0 Å². The maximum atomic E-state index is 12.8. The fourth-order valence-corrected chi connectivity index (χ4v) is 2.41. The van der Waals surface area contributed by atoms with Crippen LogP contribution in [0.5, 0.6) is 0 Å². The molecule has 2 rings (SSSR count). The lowest BCUT2D eigenvalue weighted by molar-refractivity contribution is -0.308. The monoisotopic (exact) mass is 396 g/mol. The van der Waals surface area contributed by atoms with Crippen molar-refractivity contribution in [3.63, 3.8) is 0 Å². The van der Waals surface area contributed by atoms with Crippen LogP contribution in [0.2, 0.25) is 0 Å². The van der Waals surface area contributed by atoms with Crippen LogP contribution in [0.4, 0.5) is 0 Å². The first-order valence-electron chi connectivity index (χ1n) is 8.63. The second-order valence-electron chi connectivity index (χ2n) is 6.26. The first kappa shape index (κ1) is 21.6. The highest BCUT2D eigenvalue weighted by Gasteiger charge is 2.38. The summed E-state index contributed by atoms with van der Waals surface area (Å²) in [6.07, 6.45) is 0. The van der Waals surface area contributed by atoms with Gasteiger partial charge in [0.2, 0.25) is 0 Å². The molecule has 0 saturated carbocycles. The van der Waals surface area contributed by atoms with Gasteiger partial charge in [-0.05, 0) is 13.0 Å². The van der Waals surface area contributed by atoms with E-state index in [9.17, 15) is 19.2 Å². The lowest BCUT2D eigenvalue weighted by atomic mass is 9.98. The second kappa shape index (κ2) is 8.97. The Balaban J connectivity index is 2.35. The molecule has 29 heavy (non-hydrogen) atoms. The number of esters is 3. The average molecular weight is 396 g/mol. The zero-order valence-corrected chi connectivity index (χ0v) is 16.3. The van der Waals surface area contributed by atoms with Crippen LogP contribution in [0, 0.1) is 0 Å². The van der Waals surface area contributed by atoms with Crippen molar-refractivity contribution < 1.29 is 33.4 Å². The van der Waals surface area contributed by atoms with E-state index in [0.717, 1.165) is 13.8 Å². The maximum absolute atomic E-state index is 12.8. The lowest BCUT2D eigenvalue weighted by Gasteiger charge is -2.27. The molecule has 0 aliphatic rings. The number of hydrogen-bond donors (Lipinski definition) is 0. The standard InChI is InChI=1S/C22H20O7/c1-14(2)20(25)28-22(4,27-15(3)23)29-21(26)18-13-9-8-12-17(18)19(24)16-10-6-5-7-11-16/h5-13H,1H2,2-4H3. The Morgan fingerprint density at radius 1 is 0.793 bits per heavy atom. The Bertz CT molecular complexity index is 962. The van der Waals surface area contributed by atoms with Gasteiger partial charge in [0.25, 0.3) is 0 Å². The van der Waals surface area contributed by atoms with Crippen molar-refractivity contribution in [2.45, 2.75) is 26.7 Å². The average Bonchev–Trinajstić information content (AvgIpc) is 2.67. The van der Waals surface area contributed by atoms with Crippen LogP contribution in [0.25, 0.3) is 0 Å². The van der Waals surface area contributed by atoms with E-state index in [1.807, 2.05) is 0 Å². The number of benzene rings is 2. The smallest absolute Gasteiger partial charge is 0.388 e. The van der Waals surface area contributed by atoms with E-state index in [-0.39, 0.29) is 16.7 Å². The predicted molar refractivity (Wildman–Crippen MR) is 103 cm³/mol. The molecule has 1 atom stereocenters. The summed E-state index contributed by atoms with van der Waals surface area (Å²) < 4.78 is 15.0. The van der Waals surface area contributed by atoms with Crippen LogP contribution in [0.3, 0.4) is 0 Å². The molecule has 2 aromatic rings. The molecule has 0 radical (unpaired) electrons. The molecule has 0 amide bonds. The summed E-state index contributed by atoms with van der Waals surface area (Å²) in [5.41, 5.74) is 0.398. The Hall–Kier alpha value is -3.74. The van der Waals surface area contributed by atoms with Gasteiger partial charge in [-0.15, -0.1) is 0 Å². The van der Waals surface area contributed by atoms with Crippen LogP contribution in [0.15, 0.2) is 66.7 Å². The third-order valence-corrected chi connectivity index (χ3v) is 3.66. The molecule has 0 N–H and O–H groups in total. The van der Waals surface area contributed by atoms with Crippen molar-refractivity contribution in [3.8, 4) is 0 Å². The Morgan fingerprint density at radius 2 is 1.34 bits per heavy atom. The van der Waals surface area contributed by atoms with E-state index in [1.165, 1.54) is 19.1 Å². The Morgan fingerprint density at radius 3 is 1.90 bits per heavy atom. The number of ether oxygens (including phenoxy) is 3. The summed E-state index contributed by atoms with van der Waals surface area (Å²) in [6.45, 7) is 6.96. The van der Waals surface area contributed by atoms with Crippen molar-refractivity contribution in [2.75, 3.05) is 0 Å². The molecular formula is C22H20O7. The molecule has 0 fully saturated rings. The predicted octanol–water partition coefficient (Wildman–Crippen LogP) is 3.43. The van der Waals surface area contributed by atoms with Gasteiger partial charge in [-0.25, -0.2) is 9.59 Å². The van der Waals surface area contributed by atoms with E-state index in [0.29, 0.717) is 5.56 Å². The summed E-state index contributed by atoms with van der Waals surface area (Å²) in [6, 6.07) is 14.4. The number of hydrogen-bond acceptors (Lipinski definition) is 7. The van der Waals surface area contributed by atoms with Gasteiger partial charge in [0.1, 0.15) is 0 Å². The molecule has 0 aromatic heterocycles. The van der Waals surface area contributed by atoms with Gasteiger partial charge in [-0.1, -0.05) is 55.1 Å². The largest absolute Gasteiger partial charge is 0.420 e. The molecule has 0 bridgehead atoms. The highest BCUT2D eigenvalue weighted by molar-refractivity contribution is 6.14. The molecule has 0 spiro atoms. The first-order valence-corrected chi connectivity index (χ1v) is 8.63. The summed E-state index contributed by atoms with van der Waals surface area (Å²) in [4.78, 5) is 48.8. The summed E-state index contributed by atoms with van der Waals surface area (Å²) in [7, 11) is 0. The normalized spacial score (nSPS) is 12.2. The van der Waals surface area contributed by atoms with Gasteiger partial charge in [0, 0.05) is 23.6 Å². The van der Waals surface area contributed by atoms with E-state index in [1.54, 1.807) is 42.5 Å². The molecule has 1 unspecified atom stereocenters. The molecule has 2 aromatic carbocycles. The summed E-state index contributed by atoms with van der Waals surface area (Å²) in [5, 5.41) is 0. The van der Waals surface area contributed by atoms with Gasteiger partial charge < -0.3 is 14.2 Å². The number of ketones is 1. The van der Waals surface area contributed by atoms with Gasteiger partial charge in [0.15, 0.2) is 5.78 Å². The molecule has 150 valence electrons. The van der Waals surface area contributed by atoms with Crippen molar-refractivity contribution in [1.29, 1.82) is 0 Å². The van der Waals surface area contributed by atoms with Crippen molar-refractivity contribution in [2.24, 2.45) is 0 Å². The zero-order valence-electron chi connectivity index (χ0n) is 16.3. The van der Waals surface area contributed by atoms with Crippen LogP contribution in [-0.2, 0) is 23.8 Å². The number of carbonyl (C=O) groups excluding carboxylic acids is 4. The Kier molecular flexibility index (Phi) is 6.67. The molecular weight excluding hydrogens is 376 g/mol. The van der Waals surface area contributed by atoms with Gasteiger partial charge in [-0.2, -0.15) is 0 Å². The topological polar surface area (TPSA) is 96.0 Å². The van der Waals surface area contributed by atoms with E-state index in [2.05, 4.69) is 6.58 Å². The first-order chi connectivity index (χ1) is 13.6. The molecule has 0 aliphatic heterocycles. The third-order valence-electron chi connectivity index (χ3n) is 3.66. The minimum Gasteiger partial charge on any atom is -0.388 e. The quantitative estimate of drug-likeness (QED) is 0.306. The highest BCUT2D eigenvalue weighted by Crippen LogP contribution is 2.22. The zero-order chi connectivity index (χ0) is 21.6. The van der Waals surface area contributed by atoms with Crippen molar-refractivity contribution >= 4 is 23.7 Å². The van der Waals surface area contributed by atoms with Gasteiger partial charge >= 0.3 is 23.9 Å². The fourth-order valence-electron chi connectivity index (χ4n) is 2.41. The van der Waals surface area contributed by atoms with E-state index in [4.69, 9.17) is 14.2 Å². The molecule has 7 heteroatoms. The SMILES string of the molecule is C=C(C)C(=O)OC(C)(OC(C)=O)OC(=O)c1ccccc1C(=O)c1ccccc1. The number of carbonyl (C=O) groups is 4. The third kappa shape index (κ3) is 5.62. The molecule has 7 nitrogen and oxygen atoms in total. The van der Waals surface area contributed by atoms with E-state index < -0.39 is 29.7 Å². The minimum absolute atomic E-state index is 0.0130. The second-order valence-corrected chi connectivity index (χ2v) is 6.26. The lowest BCUT2D eigenvalue weighted by Crippen LogP contribution is -2.41. The van der Waals surface area contributed by atoms with Crippen molar-refractivity contribution in [3.05, 3.63) is 83.4 Å². The molecule has 0 heterocycles. The minimum atomic E-state index is -2.33. The Labute approximate surface area is 167 Å². The van der Waals surface area contributed by atoms with Crippen LogP contribution < -0.4 is 0 Å². The van der Waals surface area contributed by atoms with Crippen molar-refractivity contribution in [1.82, 2.24) is 0 Å². The van der Waals surface area contributed by atoms with Crippen LogP contribution in [-0.4, -0.2) is 29.7 Å². The molecule has 0 saturated heterocycles. The van der Waals surface area contributed by atoms with Gasteiger partial charge in [0.05, 0.1) is 12.5 Å².